The Kier molecular flexibility index (Phi) is 7.00. The first kappa shape index (κ1) is 21.4. The van der Waals surface area contributed by atoms with E-state index in [1.807, 2.05) is 39.0 Å². The van der Waals surface area contributed by atoms with Crippen LogP contribution >= 0.6 is 0 Å². The molecule has 0 spiro atoms. The van der Waals surface area contributed by atoms with E-state index in [-0.39, 0.29) is 24.3 Å². The second-order valence-corrected chi connectivity index (χ2v) is 9.27. The number of amides is 1. The number of ether oxygens (including phenoxy) is 1. The molecule has 1 aliphatic rings. The number of anilines is 1. The van der Waals surface area contributed by atoms with Gasteiger partial charge in [-0.25, -0.2) is 12.7 Å². The summed E-state index contributed by atoms with van der Waals surface area (Å²) in [6.45, 7) is 6.26. The Morgan fingerprint density at radius 1 is 1.26 bits per heavy atom. The van der Waals surface area contributed by atoms with Crippen LogP contribution in [-0.2, 0) is 24.3 Å². The van der Waals surface area contributed by atoms with Crippen LogP contribution in [0.15, 0.2) is 18.2 Å². The van der Waals surface area contributed by atoms with Crippen molar-refractivity contribution in [2.45, 2.75) is 39.5 Å². The van der Waals surface area contributed by atoms with Crippen molar-refractivity contribution in [3.8, 4) is 0 Å². The molecule has 1 amide bonds. The molecule has 2 rings (SSSR count). The molecule has 150 valence electrons. The van der Waals surface area contributed by atoms with Crippen LogP contribution in [0.1, 0.15) is 43.7 Å². The number of piperidine rings is 1. The molecule has 0 saturated carbocycles. The minimum Gasteiger partial charge on any atom is -0.455 e. The van der Waals surface area contributed by atoms with E-state index in [0.717, 1.165) is 23.1 Å². The molecule has 7 nitrogen and oxygen atoms in total. The van der Waals surface area contributed by atoms with Gasteiger partial charge in [0.15, 0.2) is 6.61 Å². The Labute approximate surface area is 161 Å². The SMILES string of the molecule is Cc1cccc(C(C)C)c1NC(=O)COC(=O)C1CCN(S(C)(=O)=O)CC1. The third-order valence-corrected chi connectivity index (χ3v) is 6.10. The number of nitrogens with one attached hydrogen (secondary N) is 1. The number of esters is 1. The van der Waals surface area contributed by atoms with Crippen LogP contribution in [0.2, 0.25) is 0 Å². The van der Waals surface area contributed by atoms with Crippen LogP contribution in [0.4, 0.5) is 5.69 Å². The van der Waals surface area contributed by atoms with Gasteiger partial charge in [-0.15, -0.1) is 0 Å². The molecule has 0 aromatic heterocycles. The van der Waals surface area contributed by atoms with Crippen LogP contribution in [0, 0.1) is 12.8 Å². The maximum Gasteiger partial charge on any atom is 0.309 e. The van der Waals surface area contributed by atoms with Crippen LogP contribution in [-0.4, -0.2) is 50.6 Å². The molecular weight excluding hydrogens is 368 g/mol. The molecule has 8 heteroatoms. The normalized spacial score (nSPS) is 16.3. The van der Waals surface area contributed by atoms with Gasteiger partial charge in [-0.3, -0.25) is 9.59 Å². The Balaban J connectivity index is 1.87. The molecule has 0 radical (unpaired) electrons. The maximum atomic E-state index is 12.2. The van der Waals surface area contributed by atoms with Crippen molar-refractivity contribution in [1.82, 2.24) is 4.31 Å². The number of carbonyl (C=O) groups is 2. The maximum absolute atomic E-state index is 12.2. The molecule has 1 heterocycles. The van der Waals surface area contributed by atoms with E-state index in [1.165, 1.54) is 4.31 Å². The first-order valence-corrected chi connectivity index (χ1v) is 11.0. The van der Waals surface area contributed by atoms with Crippen molar-refractivity contribution in [2.75, 3.05) is 31.3 Å². The number of nitrogens with zero attached hydrogens (tertiary/aromatic N) is 1. The van der Waals surface area contributed by atoms with Crippen molar-refractivity contribution in [3.05, 3.63) is 29.3 Å². The molecule has 0 unspecified atom stereocenters. The standard InChI is InChI=1S/C19H28N2O5S/c1-13(2)16-7-5-6-14(3)18(16)20-17(22)12-26-19(23)15-8-10-21(11-9-15)27(4,24)25/h5-7,13,15H,8-12H2,1-4H3,(H,20,22). The summed E-state index contributed by atoms with van der Waals surface area (Å²) in [6.07, 6.45) is 1.97. The Bertz CT molecular complexity index is 796. The second-order valence-electron chi connectivity index (χ2n) is 7.29. The average Bonchev–Trinajstić information content (AvgIpc) is 2.60. The molecule has 0 aliphatic carbocycles. The number of hydrogen-bond acceptors (Lipinski definition) is 5. The molecule has 1 saturated heterocycles. The highest BCUT2D eigenvalue weighted by molar-refractivity contribution is 7.88. The number of sulfonamides is 1. The summed E-state index contributed by atoms with van der Waals surface area (Å²) >= 11 is 0. The first-order valence-electron chi connectivity index (χ1n) is 9.10. The fraction of sp³-hybridized carbons (Fsp3) is 0.579. The molecule has 1 aromatic carbocycles. The largest absolute Gasteiger partial charge is 0.455 e. The summed E-state index contributed by atoms with van der Waals surface area (Å²) in [4.78, 5) is 24.4. The summed E-state index contributed by atoms with van der Waals surface area (Å²) in [5.74, 6) is -0.955. The van der Waals surface area contributed by atoms with Gasteiger partial charge in [0.2, 0.25) is 10.0 Å². The summed E-state index contributed by atoms with van der Waals surface area (Å²) < 4.78 is 29.5. The van der Waals surface area contributed by atoms with Crippen molar-refractivity contribution in [2.24, 2.45) is 5.92 Å². The molecular formula is C19H28N2O5S. The fourth-order valence-electron chi connectivity index (χ4n) is 3.20. The van der Waals surface area contributed by atoms with Crippen LogP contribution in [0.5, 0.6) is 0 Å². The number of rotatable bonds is 6. The van der Waals surface area contributed by atoms with Gasteiger partial charge in [0, 0.05) is 18.8 Å². The average molecular weight is 397 g/mol. The third-order valence-electron chi connectivity index (χ3n) is 4.79. The summed E-state index contributed by atoms with van der Waals surface area (Å²) in [6, 6.07) is 5.83. The molecule has 0 atom stereocenters. The number of hydrogen-bond donors (Lipinski definition) is 1. The zero-order valence-electron chi connectivity index (χ0n) is 16.3. The first-order chi connectivity index (χ1) is 12.6. The predicted molar refractivity (Wildman–Crippen MR) is 104 cm³/mol. The van der Waals surface area contributed by atoms with E-state index in [2.05, 4.69) is 5.32 Å². The monoisotopic (exact) mass is 396 g/mol. The Morgan fingerprint density at radius 2 is 1.89 bits per heavy atom. The minimum absolute atomic E-state index is 0.253. The van der Waals surface area contributed by atoms with Gasteiger partial charge < -0.3 is 10.1 Å². The van der Waals surface area contributed by atoms with Gasteiger partial charge in [-0.05, 0) is 36.8 Å². The number of benzene rings is 1. The van der Waals surface area contributed by atoms with E-state index in [1.54, 1.807) is 0 Å². The molecule has 1 aromatic rings. The fourth-order valence-corrected chi connectivity index (χ4v) is 4.07. The summed E-state index contributed by atoms with van der Waals surface area (Å²) in [7, 11) is -3.23. The highest BCUT2D eigenvalue weighted by atomic mass is 32.2. The van der Waals surface area contributed by atoms with Crippen molar-refractivity contribution < 1.29 is 22.7 Å². The van der Waals surface area contributed by atoms with Gasteiger partial charge >= 0.3 is 5.97 Å². The smallest absolute Gasteiger partial charge is 0.309 e. The Morgan fingerprint density at radius 3 is 2.44 bits per heavy atom. The lowest BCUT2D eigenvalue weighted by Crippen LogP contribution is -2.40. The van der Waals surface area contributed by atoms with E-state index in [9.17, 15) is 18.0 Å². The van der Waals surface area contributed by atoms with E-state index < -0.39 is 16.0 Å². The lowest BCUT2D eigenvalue weighted by Gasteiger charge is -2.28. The van der Waals surface area contributed by atoms with Gasteiger partial charge in [0.05, 0.1) is 12.2 Å². The topological polar surface area (TPSA) is 92.8 Å². The quantitative estimate of drug-likeness (QED) is 0.745. The van der Waals surface area contributed by atoms with Crippen LogP contribution < -0.4 is 5.32 Å². The van der Waals surface area contributed by atoms with E-state index in [4.69, 9.17) is 4.74 Å². The number of para-hydroxylation sites is 1. The van der Waals surface area contributed by atoms with Crippen LogP contribution in [0.3, 0.4) is 0 Å². The lowest BCUT2D eigenvalue weighted by molar-refractivity contribution is -0.152. The second kappa shape index (κ2) is 8.84. The van der Waals surface area contributed by atoms with Gasteiger partial charge in [0.1, 0.15) is 0 Å². The third kappa shape index (κ3) is 5.77. The van der Waals surface area contributed by atoms with Gasteiger partial charge in [-0.2, -0.15) is 0 Å². The zero-order valence-corrected chi connectivity index (χ0v) is 17.1. The molecule has 1 fully saturated rings. The molecule has 1 N–H and O–H groups in total. The molecule has 27 heavy (non-hydrogen) atoms. The van der Waals surface area contributed by atoms with Crippen molar-refractivity contribution >= 4 is 27.6 Å². The van der Waals surface area contributed by atoms with E-state index in [0.29, 0.717) is 25.9 Å². The number of carbonyl (C=O) groups excluding carboxylic acids is 2. The highest BCUT2D eigenvalue weighted by Crippen LogP contribution is 2.27. The zero-order chi connectivity index (χ0) is 20.2. The van der Waals surface area contributed by atoms with Gasteiger partial charge in [-0.1, -0.05) is 32.0 Å². The summed E-state index contributed by atoms with van der Waals surface area (Å²) in [5.41, 5.74) is 2.74. The van der Waals surface area contributed by atoms with Gasteiger partial charge in [0.25, 0.3) is 5.91 Å². The predicted octanol–water partition coefficient (Wildman–Crippen LogP) is 2.27. The minimum atomic E-state index is -3.23. The molecule has 1 aliphatic heterocycles. The lowest BCUT2D eigenvalue weighted by atomic mass is 9.98. The molecule has 0 bridgehead atoms. The Hall–Kier alpha value is -1.93. The summed E-state index contributed by atoms with van der Waals surface area (Å²) in [5, 5.41) is 2.84. The number of aryl methyl sites for hydroxylation is 1. The van der Waals surface area contributed by atoms with Crippen LogP contribution in [0.25, 0.3) is 0 Å². The van der Waals surface area contributed by atoms with E-state index >= 15 is 0 Å². The van der Waals surface area contributed by atoms with Crippen molar-refractivity contribution in [1.29, 1.82) is 0 Å². The highest BCUT2D eigenvalue weighted by Gasteiger charge is 2.30. The van der Waals surface area contributed by atoms with Crippen molar-refractivity contribution in [3.63, 3.8) is 0 Å².